The third kappa shape index (κ3) is 15.8. The Kier molecular flexibility index (Phi) is 20.0. The van der Waals surface area contributed by atoms with Gasteiger partial charge in [-0.15, -0.1) is 0 Å². The molecule has 334 valence electrons. The van der Waals surface area contributed by atoms with Gasteiger partial charge in [0.05, 0.1) is 19.3 Å². The highest BCUT2D eigenvalue weighted by molar-refractivity contribution is 5.97. The summed E-state index contributed by atoms with van der Waals surface area (Å²) >= 11 is 0. The number of hydrogen-bond acceptors (Lipinski definition) is 13. The minimum Gasteiger partial charge on any atom is -0.508 e. The number of amides is 6. The Morgan fingerprint density at radius 2 is 1.21 bits per heavy atom. The fourth-order valence-corrected chi connectivity index (χ4v) is 6.58. The molecule has 61 heavy (non-hydrogen) atoms. The molecule has 21 heteroatoms. The molecule has 0 radical (unpaired) electrons. The highest BCUT2D eigenvalue weighted by atomic mass is 16.4. The van der Waals surface area contributed by atoms with Crippen molar-refractivity contribution in [3.05, 3.63) is 65.7 Å². The number of carboxylic acid groups (broad SMARTS) is 2. The van der Waals surface area contributed by atoms with Crippen LogP contribution in [0.5, 0.6) is 5.75 Å². The molecule has 0 aliphatic carbocycles. The molecule has 0 unspecified atom stereocenters. The maximum Gasteiger partial charge on any atom is 0.326 e. The Morgan fingerprint density at radius 3 is 1.77 bits per heavy atom. The lowest BCUT2D eigenvalue weighted by Crippen LogP contribution is -2.61. The van der Waals surface area contributed by atoms with Gasteiger partial charge in [-0.05, 0) is 74.8 Å². The van der Waals surface area contributed by atoms with Gasteiger partial charge in [-0.25, -0.2) is 4.79 Å². The molecule has 1 heterocycles. The lowest BCUT2D eigenvalue weighted by atomic mass is 10.0. The summed E-state index contributed by atoms with van der Waals surface area (Å²) in [5, 5.41) is 60.5. The van der Waals surface area contributed by atoms with Crippen LogP contribution < -0.4 is 38.1 Å². The monoisotopic (exact) mass is 856 g/mol. The van der Waals surface area contributed by atoms with Crippen molar-refractivity contribution in [1.29, 1.82) is 0 Å². The van der Waals surface area contributed by atoms with Gasteiger partial charge < -0.3 is 68.5 Å². The number of likely N-dealkylation sites (tertiary alicyclic amines) is 1. The Balaban J connectivity index is 1.71. The molecule has 1 fully saturated rings. The van der Waals surface area contributed by atoms with Crippen LogP contribution in [0.2, 0.25) is 0 Å². The molecular weight excluding hydrogens is 800 g/mol. The van der Waals surface area contributed by atoms with Crippen molar-refractivity contribution in [2.45, 2.75) is 100 Å². The smallest absolute Gasteiger partial charge is 0.326 e. The van der Waals surface area contributed by atoms with E-state index in [2.05, 4.69) is 26.6 Å². The van der Waals surface area contributed by atoms with Gasteiger partial charge in [-0.2, -0.15) is 0 Å². The van der Waals surface area contributed by atoms with E-state index in [1.54, 1.807) is 24.3 Å². The second-order valence-electron chi connectivity index (χ2n) is 14.6. The second-order valence-corrected chi connectivity index (χ2v) is 14.6. The van der Waals surface area contributed by atoms with Crippen LogP contribution in [0.3, 0.4) is 0 Å². The molecule has 1 aliphatic heterocycles. The number of unbranched alkanes of at least 4 members (excludes halogenated alkanes) is 1. The number of carboxylic acids is 2. The van der Waals surface area contributed by atoms with Gasteiger partial charge in [-0.3, -0.25) is 33.6 Å². The van der Waals surface area contributed by atoms with Gasteiger partial charge >= 0.3 is 11.9 Å². The number of carbonyl (C=O) groups excluding carboxylic acids is 6. The van der Waals surface area contributed by atoms with Crippen molar-refractivity contribution >= 4 is 47.4 Å². The van der Waals surface area contributed by atoms with Crippen LogP contribution in [0.1, 0.15) is 56.1 Å². The van der Waals surface area contributed by atoms with E-state index >= 15 is 0 Å². The number of nitrogens with zero attached hydrogens (tertiary/aromatic N) is 1. The number of carbonyl (C=O) groups is 8. The van der Waals surface area contributed by atoms with Crippen molar-refractivity contribution < 1.29 is 63.9 Å². The van der Waals surface area contributed by atoms with Crippen molar-refractivity contribution in [2.24, 2.45) is 11.5 Å². The molecule has 2 aromatic rings. The van der Waals surface area contributed by atoms with E-state index in [9.17, 15) is 63.9 Å². The third-order valence-electron chi connectivity index (χ3n) is 9.94. The molecule has 0 aromatic heterocycles. The number of aliphatic carboxylic acids is 2. The average molecular weight is 857 g/mol. The zero-order valence-electron chi connectivity index (χ0n) is 33.5. The van der Waals surface area contributed by atoms with Crippen molar-refractivity contribution in [3.8, 4) is 5.75 Å². The molecule has 7 atom stereocenters. The second kappa shape index (κ2) is 24.8. The van der Waals surface area contributed by atoms with Gasteiger partial charge in [0.25, 0.3) is 0 Å². The number of phenols is 1. The van der Waals surface area contributed by atoms with Crippen LogP contribution >= 0.6 is 0 Å². The summed E-state index contributed by atoms with van der Waals surface area (Å²) < 4.78 is 0. The van der Waals surface area contributed by atoms with Crippen molar-refractivity contribution in [3.63, 3.8) is 0 Å². The van der Waals surface area contributed by atoms with Crippen molar-refractivity contribution in [1.82, 2.24) is 31.5 Å². The largest absolute Gasteiger partial charge is 0.508 e. The molecule has 2 aromatic carbocycles. The highest BCUT2D eigenvalue weighted by Crippen LogP contribution is 2.20. The third-order valence-corrected chi connectivity index (χ3v) is 9.94. The SMILES string of the molecule is NCCCC[C@H](NC(=O)[C@H](Cc1ccc(O)cc1)NC(=O)[C@H](CO)NC(=O)[C@H](CO)NC(=O)[C@H](CCC(=O)O)NC(=O)[C@@H]1CCCN1C(=O)[C@@H](N)Cc1ccccc1)C(=O)O. The number of aromatic hydroxyl groups is 1. The molecule has 21 nitrogen and oxygen atoms in total. The summed E-state index contributed by atoms with van der Waals surface area (Å²) in [5.41, 5.74) is 12.9. The average Bonchev–Trinajstić information content (AvgIpc) is 3.73. The number of benzene rings is 2. The highest BCUT2D eigenvalue weighted by Gasteiger charge is 2.38. The Labute approximate surface area is 351 Å². The minimum absolute atomic E-state index is 0.0329. The van der Waals surface area contributed by atoms with Gasteiger partial charge in [0.2, 0.25) is 35.4 Å². The number of phenolic OH excluding ortho intramolecular Hbond substituents is 1. The molecular formula is C40H56N8O13. The lowest BCUT2D eigenvalue weighted by molar-refractivity contribution is -0.142. The summed E-state index contributed by atoms with van der Waals surface area (Å²) in [5.74, 6) is -8.32. The normalized spacial score (nSPS) is 16.5. The molecule has 1 saturated heterocycles. The van der Waals surface area contributed by atoms with Crippen LogP contribution in [0, 0.1) is 0 Å². The standard InChI is InChI=1S/C40H56N8O13/c41-17-5-4-9-28(40(60)61)44-35(55)29(20-24-11-13-25(51)14-12-24)45-36(56)30(21-49)47-37(57)31(22-50)46-34(54)27(15-16-33(52)53)43-38(58)32-10-6-18-48(32)39(59)26(42)19-23-7-2-1-3-8-23/h1-3,7-8,11-14,26-32,49-51H,4-6,9-10,15-22,41-42H2,(H,43,58)(H,44,55)(H,45,56)(H,46,54)(H,47,57)(H,52,53)(H,60,61)/t26-,27-,28-,29-,30-,31-,32-/m0/s1. The van der Waals surface area contributed by atoms with Crippen LogP contribution in [0.15, 0.2) is 54.6 Å². The van der Waals surface area contributed by atoms with Gasteiger partial charge in [-0.1, -0.05) is 42.5 Å². The number of hydrogen-bond donors (Lipinski definition) is 12. The maximum atomic E-state index is 13.5. The topological polar surface area (TPSA) is 353 Å². The summed E-state index contributed by atoms with van der Waals surface area (Å²) in [7, 11) is 0. The van der Waals surface area contributed by atoms with Crippen LogP contribution in [0.4, 0.5) is 0 Å². The van der Waals surface area contributed by atoms with E-state index in [1.165, 1.54) is 29.2 Å². The van der Waals surface area contributed by atoms with Crippen LogP contribution in [-0.2, 0) is 51.2 Å². The van der Waals surface area contributed by atoms with Crippen LogP contribution in [0.25, 0.3) is 0 Å². The first-order chi connectivity index (χ1) is 29.1. The molecule has 3 rings (SSSR count). The number of nitrogens with one attached hydrogen (secondary N) is 5. The fourth-order valence-electron chi connectivity index (χ4n) is 6.58. The van der Waals surface area contributed by atoms with E-state index in [4.69, 9.17) is 11.5 Å². The lowest BCUT2D eigenvalue weighted by Gasteiger charge is -2.29. The summed E-state index contributed by atoms with van der Waals surface area (Å²) in [6.07, 6.45) is 0.500. The predicted octanol–water partition coefficient (Wildman–Crippen LogP) is -3.02. The first-order valence-corrected chi connectivity index (χ1v) is 19.8. The Hall–Kier alpha value is -6.16. The number of rotatable bonds is 25. The quantitative estimate of drug-likeness (QED) is 0.0443. The summed E-state index contributed by atoms with van der Waals surface area (Å²) in [6.45, 7) is -1.60. The molecule has 1 aliphatic rings. The predicted molar refractivity (Wildman–Crippen MR) is 216 cm³/mol. The molecule has 0 saturated carbocycles. The van der Waals surface area contributed by atoms with Crippen molar-refractivity contribution in [2.75, 3.05) is 26.3 Å². The molecule has 0 bridgehead atoms. The Bertz CT molecular complexity index is 1820. The number of aliphatic hydroxyl groups excluding tert-OH is 2. The molecule has 0 spiro atoms. The summed E-state index contributed by atoms with van der Waals surface area (Å²) in [4.78, 5) is 105. The minimum atomic E-state index is -1.81. The van der Waals surface area contributed by atoms with E-state index in [-0.39, 0.29) is 38.0 Å². The molecule has 14 N–H and O–H groups in total. The van der Waals surface area contributed by atoms with Gasteiger partial charge in [0.15, 0.2) is 0 Å². The Morgan fingerprint density at radius 1 is 0.672 bits per heavy atom. The zero-order valence-corrected chi connectivity index (χ0v) is 33.5. The zero-order chi connectivity index (χ0) is 45.1. The summed E-state index contributed by atoms with van der Waals surface area (Å²) in [6, 6.07) is 4.59. The molecule has 6 amide bonds. The van der Waals surface area contributed by atoms with E-state index in [1.807, 2.05) is 6.07 Å². The number of nitrogens with two attached hydrogens (primary N) is 2. The van der Waals surface area contributed by atoms with E-state index in [0.717, 1.165) is 5.56 Å². The van der Waals surface area contributed by atoms with E-state index < -0.39 is 116 Å². The fraction of sp³-hybridized carbons (Fsp3) is 0.500. The maximum absolute atomic E-state index is 13.5. The van der Waals surface area contributed by atoms with Gasteiger partial charge in [0.1, 0.15) is 42.0 Å². The first kappa shape index (κ1) is 49.2. The first-order valence-electron chi connectivity index (χ1n) is 19.8. The van der Waals surface area contributed by atoms with Gasteiger partial charge in [0, 0.05) is 19.4 Å². The van der Waals surface area contributed by atoms with Crippen LogP contribution in [-0.4, -0.2) is 146 Å². The number of aliphatic hydroxyl groups is 2. The van der Waals surface area contributed by atoms with E-state index in [0.29, 0.717) is 31.4 Å².